The van der Waals surface area contributed by atoms with Crippen molar-refractivity contribution in [3.8, 4) is 11.8 Å². The van der Waals surface area contributed by atoms with Crippen LogP contribution >= 0.6 is 0 Å². The third-order valence-electron chi connectivity index (χ3n) is 6.03. The van der Waals surface area contributed by atoms with Crippen LogP contribution in [0, 0.1) is 11.3 Å². The molecule has 0 amide bonds. The molecule has 5 rings (SSSR count). The molecule has 42 heavy (non-hydrogen) atoms. The van der Waals surface area contributed by atoms with Crippen molar-refractivity contribution < 1.29 is 34.4 Å². The van der Waals surface area contributed by atoms with E-state index in [9.17, 15) is 39.6 Å². The lowest BCUT2D eigenvalue weighted by atomic mass is 9.91. The van der Waals surface area contributed by atoms with Crippen molar-refractivity contribution in [2.24, 2.45) is 10.2 Å². The average Bonchev–Trinajstić information content (AvgIpc) is 3.47. The summed E-state index contributed by atoms with van der Waals surface area (Å²) in [5.41, 5.74) is -1.18. The van der Waals surface area contributed by atoms with Crippen LogP contribution in [-0.4, -0.2) is 53.3 Å². The summed E-state index contributed by atoms with van der Waals surface area (Å²) in [6.45, 7) is 5.26. The molecule has 218 valence electrons. The van der Waals surface area contributed by atoms with Crippen molar-refractivity contribution >= 4 is 53.3 Å². The molecule has 0 aliphatic carbocycles. The second-order valence-electron chi connectivity index (χ2n) is 9.95. The summed E-state index contributed by atoms with van der Waals surface area (Å²) < 4.78 is 95.3. The van der Waals surface area contributed by atoms with Crippen LogP contribution < -0.4 is 5.32 Å². The first kappa shape index (κ1) is 29.0. The Morgan fingerprint density at radius 2 is 1.71 bits per heavy atom. The number of hydrogen-bond acceptors (Lipinski definition) is 12. The number of rotatable bonds is 5. The zero-order valence-corrected chi connectivity index (χ0v) is 24.3. The first-order chi connectivity index (χ1) is 19.4. The maximum absolute atomic E-state index is 13.4. The maximum atomic E-state index is 13.4. The molecule has 16 nitrogen and oxygen atoms in total. The molecule has 1 aliphatic rings. The van der Waals surface area contributed by atoms with Gasteiger partial charge in [0.15, 0.2) is 17.3 Å². The highest BCUT2D eigenvalue weighted by Gasteiger charge is 2.37. The standard InChI is InChI=1S/C23H20N8O8S3/c1-23(2,3)20-19(22-26-15-6-4-5-7-17(15)40(32,33)31(22)29-20)27-28-21-13(11-24)12-25-30(21)16-10-14(41(34,35)36)8-9-18(16)42(37,38)39/h4-10,12,26H,1-3H3,(H,34,35,36)(H,37,38,39)/b28-27+. The summed E-state index contributed by atoms with van der Waals surface area (Å²) in [6, 6.07) is 10.1. The molecular formula is C23H20N8O8S3. The van der Waals surface area contributed by atoms with E-state index in [1.54, 1.807) is 45.0 Å². The topological polar surface area (TPSA) is 239 Å². The monoisotopic (exact) mass is 632 g/mol. The van der Waals surface area contributed by atoms with E-state index in [0.29, 0.717) is 6.07 Å². The summed E-state index contributed by atoms with van der Waals surface area (Å²) in [5.74, 6) is -0.465. The van der Waals surface area contributed by atoms with Crippen LogP contribution in [0.15, 0.2) is 73.6 Å². The van der Waals surface area contributed by atoms with E-state index >= 15 is 0 Å². The molecule has 19 heteroatoms. The van der Waals surface area contributed by atoms with Crippen LogP contribution in [0.2, 0.25) is 0 Å². The minimum absolute atomic E-state index is 0.0229. The van der Waals surface area contributed by atoms with Crippen molar-refractivity contribution in [2.45, 2.75) is 40.9 Å². The van der Waals surface area contributed by atoms with Gasteiger partial charge in [0.2, 0.25) is 0 Å². The van der Waals surface area contributed by atoms with Crippen LogP contribution in [0.5, 0.6) is 0 Å². The summed E-state index contributed by atoms with van der Waals surface area (Å²) >= 11 is 0. The number of azo groups is 1. The Kier molecular flexibility index (Phi) is 6.59. The number of para-hydroxylation sites is 1. The van der Waals surface area contributed by atoms with Crippen LogP contribution in [0.4, 0.5) is 23.0 Å². The molecule has 2 aromatic heterocycles. The number of fused-ring (bicyclic) bond motifs is 2. The van der Waals surface area contributed by atoms with Crippen LogP contribution in [0.1, 0.15) is 32.0 Å². The highest BCUT2D eigenvalue weighted by atomic mass is 32.2. The van der Waals surface area contributed by atoms with Crippen molar-refractivity contribution in [2.75, 3.05) is 5.32 Å². The SMILES string of the molecule is CC(C)(C)c1nn2c(c1/N=N/c1c(C#N)cnn1-c1cc(S(=O)(=O)O)ccc1S(=O)(=O)O)Nc1ccccc1S2(=O)=O. The van der Waals surface area contributed by atoms with Gasteiger partial charge in [0, 0.05) is 5.41 Å². The minimum atomic E-state index is -4.98. The van der Waals surface area contributed by atoms with E-state index in [1.807, 2.05) is 0 Å². The highest BCUT2D eigenvalue weighted by Crippen LogP contribution is 2.44. The van der Waals surface area contributed by atoms with Gasteiger partial charge in [-0.25, -0.2) is 4.68 Å². The maximum Gasteiger partial charge on any atom is 0.296 e. The summed E-state index contributed by atoms with van der Waals surface area (Å²) in [4.78, 5) is -1.58. The Balaban J connectivity index is 1.76. The van der Waals surface area contributed by atoms with E-state index in [-0.39, 0.29) is 33.3 Å². The Labute approximate surface area is 239 Å². The Bertz CT molecular complexity index is 2190. The molecule has 0 spiro atoms. The Morgan fingerprint density at radius 3 is 2.33 bits per heavy atom. The minimum Gasteiger partial charge on any atom is -0.336 e. The largest absolute Gasteiger partial charge is 0.336 e. The first-order valence-corrected chi connectivity index (χ1v) is 16.0. The molecule has 0 fully saturated rings. The fourth-order valence-corrected chi connectivity index (χ4v) is 6.67. The van der Waals surface area contributed by atoms with Crippen molar-refractivity contribution in [3.63, 3.8) is 0 Å². The fraction of sp³-hybridized carbons (Fsp3) is 0.174. The zero-order chi connectivity index (χ0) is 30.8. The van der Waals surface area contributed by atoms with Gasteiger partial charge in [-0.3, -0.25) is 9.11 Å². The van der Waals surface area contributed by atoms with E-state index in [0.717, 1.165) is 27.1 Å². The molecule has 0 unspecified atom stereocenters. The van der Waals surface area contributed by atoms with Gasteiger partial charge in [-0.05, 0) is 30.3 Å². The number of benzene rings is 2. The molecule has 0 atom stereocenters. The lowest BCUT2D eigenvalue weighted by molar-refractivity contribution is 0.477. The number of nitriles is 1. The molecule has 4 aromatic rings. The summed E-state index contributed by atoms with van der Waals surface area (Å²) in [7, 11) is -14.0. The molecule has 3 heterocycles. The molecule has 1 aliphatic heterocycles. The Morgan fingerprint density at radius 1 is 1.02 bits per heavy atom. The second-order valence-corrected chi connectivity index (χ2v) is 14.5. The fourth-order valence-electron chi connectivity index (χ4n) is 4.12. The smallest absolute Gasteiger partial charge is 0.296 e. The van der Waals surface area contributed by atoms with E-state index < -0.39 is 57.0 Å². The summed E-state index contributed by atoms with van der Waals surface area (Å²) in [5, 5.41) is 29.2. The number of nitrogens with zero attached hydrogens (tertiary/aromatic N) is 7. The summed E-state index contributed by atoms with van der Waals surface area (Å²) in [6.07, 6.45) is 0.985. The Hall–Kier alpha value is -4.48. The average molecular weight is 633 g/mol. The van der Waals surface area contributed by atoms with E-state index in [2.05, 4.69) is 25.7 Å². The zero-order valence-electron chi connectivity index (χ0n) is 21.8. The lowest BCUT2D eigenvalue weighted by Gasteiger charge is -2.19. The van der Waals surface area contributed by atoms with Crippen LogP contribution in [0.25, 0.3) is 5.69 Å². The predicted octanol–water partition coefficient (Wildman–Crippen LogP) is 3.44. The normalized spacial score (nSPS) is 14.7. The number of aromatic nitrogens is 4. The van der Waals surface area contributed by atoms with Gasteiger partial charge in [0.1, 0.15) is 21.4 Å². The third kappa shape index (κ3) is 4.84. The van der Waals surface area contributed by atoms with Gasteiger partial charge in [0.05, 0.1) is 28.2 Å². The molecule has 3 N–H and O–H groups in total. The lowest BCUT2D eigenvalue weighted by Crippen LogP contribution is -2.23. The molecule has 0 saturated carbocycles. The first-order valence-electron chi connectivity index (χ1n) is 11.7. The quantitative estimate of drug-likeness (QED) is 0.186. The van der Waals surface area contributed by atoms with Crippen molar-refractivity contribution in [3.05, 3.63) is 59.9 Å². The molecule has 0 saturated heterocycles. The van der Waals surface area contributed by atoms with Gasteiger partial charge >= 0.3 is 0 Å². The van der Waals surface area contributed by atoms with Gasteiger partial charge in [0.25, 0.3) is 30.3 Å². The van der Waals surface area contributed by atoms with Crippen molar-refractivity contribution in [1.82, 2.24) is 19.0 Å². The van der Waals surface area contributed by atoms with Gasteiger partial charge in [-0.2, -0.15) is 40.7 Å². The predicted molar refractivity (Wildman–Crippen MR) is 145 cm³/mol. The third-order valence-corrected chi connectivity index (χ3v) is 9.41. The van der Waals surface area contributed by atoms with Gasteiger partial charge in [-0.15, -0.1) is 14.3 Å². The molecular weight excluding hydrogens is 613 g/mol. The molecule has 0 bridgehead atoms. The van der Waals surface area contributed by atoms with Crippen molar-refractivity contribution in [1.29, 1.82) is 5.26 Å². The number of hydrogen-bond donors (Lipinski definition) is 3. The molecule has 2 aromatic carbocycles. The second kappa shape index (κ2) is 9.53. The van der Waals surface area contributed by atoms with Gasteiger partial charge in [-0.1, -0.05) is 32.9 Å². The number of anilines is 2. The highest BCUT2D eigenvalue weighted by molar-refractivity contribution is 7.90. The molecule has 0 radical (unpaired) electrons. The van der Waals surface area contributed by atoms with Crippen LogP contribution in [-0.2, 0) is 35.7 Å². The number of nitrogens with one attached hydrogen (secondary N) is 1. The van der Waals surface area contributed by atoms with E-state index in [4.69, 9.17) is 0 Å². The van der Waals surface area contributed by atoms with Gasteiger partial charge < -0.3 is 5.32 Å². The van der Waals surface area contributed by atoms with E-state index in [1.165, 1.54) is 6.07 Å². The van der Waals surface area contributed by atoms with Crippen LogP contribution in [0.3, 0.4) is 0 Å².